The average Bonchev–Trinajstić information content (AvgIpc) is 2.87. The topological polar surface area (TPSA) is 69.6 Å². The number of aliphatic hydroxyl groups is 1. The van der Waals surface area contributed by atoms with Gasteiger partial charge in [0.25, 0.3) is 5.91 Å². The molecule has 1 aromatic heterocycles. The maximum Gasteiger partial charge on any atom is 0.254 e. The molecule has 2 N–H and O–H groups in total. The minimum atomic E-state index is -0.693. The van der Waals surface area contributed by atoms with Gasteiger partial charge in [0.15, 0.2) is 0 Å². The molecule has 1 fully saturated rings. The van der Waals surface area contributed by atoms with Gasteiger partial charge in [-0.2, -0.15) is 11.3 Å². The second kappa shape index (κ2) is 4.85. The van der Waals surface area contributed by atoms with Crippen molar-refractivity contribution >= 4 is 23.2 Å². The fraction of sp³-hybridized carbons (Fsp3) is 0.455. The molecule has 2 amide bonds. The summed E-state index contributed by atoms with van der Waals surface area (Å²) in [6.07, 6.45) is -0.693. The molecule has 0 saturated carbocycles. The smallest absolute Gasteiger partial charge is 0.254 e. The Morgan fingerprint density at radius 1 is 1.53 bits per heavy atom. The van der Waals surface area contributed by atoms with Crippen molar-refractivity contribution < 1.29 is 14.7 Å². The number of thiophene rings is 1. The van der Waals surface area contributed by atoms with Crippen LogP contribution in [0.4, 0.5) is 0 Å². The van der Waals surface area contributed by atoms with Gasteiger partial charge in [-0.15, -0.1) is 0 Å². The van der Waals surface area contributed by atoms with E-state index in [9.17, 15) is 14.7 Å². The van der Waals surface area contributed by atoms with Gasteiger partial charge in [0.2, 0.25) is 5.91 Å². The van der Waals surface area contributed by atoms with Crippen LogP contribution in [-0.4, -0.2) is 47.1 Å². The summed E-state index contributed by atoms with van der Waals surface area (Å²) in [5, 5.41) is 16.0. The molecule has 5 nitrogen and oxygen atoms in total. The molecule has 0 spiro atoms. The van der Waals surface area contributed by atoms with Gasteiger partial charge in [0.1, 0.15) is 0 Å². The number of rotatable bonds is 2. The van der Waals surface area contributed by atoms with Crippen LogP contribution in [0.3, 0.4) is 0 Å². The number of aliphatic hydroxyl groups excluding tert-OH is 1. The molecule has 1 aromatic rings. The third-order valence-corrected chi connectivity index (χ3v) is 3.42. The summed E-state index contributed by atoms with van der Waals surface area (Å²) in [6, 6.07) is 1.39. The Balaban J connectivity index is 2.01. The minimum absolute atomic E-state index is 0.0989. The fourth-order valence-corrected chi connectivity index (χ4v) is 2.55. The van der Waals surface area contributed by atoms with Crippen LogP contribution in [0.5, 0.6) is 0 Å². The number of amides is 2. The van der Waals surface area contributed by atoms with Crippen molar-refractivity contribution in [3.63, 3.8) is 0 Å². The number of carbonyl (C=O) groups excluding carboxylic acids is 2. The molecule has 2 atom stereocenters. The molecule has 0 bridgehead atoms. The van der Waals surface area contributed by atoms with Crippen LogP contribution in [0, 0.1) is 0 Å². The molecular weight excluding hydrogens is 240 g/mol. The van der Waals surface area contributed by atoms with Crippen LogP contribution >= 0.6 is 11.3 Å². The Bertz CT molecular complexity index is 418. The highest BCUT2D eigenvalue weighted by atomic mass is 32.1. The Morgan fingerprint density at radius 3 is 2.88 bits per heavy atom. The van der Waals surface area contributed by atoms with Gasteiger partial charge < -0.3 is 15.3 Å². The molecular formula is C11H14N2O3S. The summed E-state index contributed by atoms with van der Waals surface area (Å²) in [7, 11) is 0. The van der Waals surface area contributed by atoms with Gasteiger partial charge in [0.05, 0.1) is 17.7 Å². The quantitative estimate of drug-likeness (QED) is 0.784. The number of carbonyl (C=O) groups is 2. The Labute approximate surface area is 103 Å². The zero-order valence-corrected chi connectivity index (χ0v) is 10.2. The zero-order chi connectivity index (χ0) is 12.4. The second-order valence-corrected chi connectivity index (χ2v) is 4.88. The van der Waals surface area contributed by atoms with Crippen molar-refractivity contribution in [2.24, 2.45) is 0 Å². The van der Waals surface area contributed by atoms with Crippen molar-refractivity contribution in [3.8, 4) is 0 Å². The monoisotopic (exact) mass is 254 g/mol. The molecule has 0 aliphatic carbocycles. The highest BCUT2D eigenvalue weighted by Gasteiger charge is 2.34. The Kier molecular flexibility index (Phi) is 3.44. The molecule has 2 heterocycles. The van der Waals surface area contributed by atoms with E-state index in [2.05, 4.69) is 5.32 Å². The molecule has 0 aromatic carbocycles. The molecule has 0 unspecified atom stereocenters. The average molecular weight is 254 g/mol. The van der Waals surface area contributed by atoms with E-state index < -0.39 is 6.10 Å². The first-order valence-corrected chi connectivity index (χ1v) is 6.29. The van der Waals surface area contributed by atoms with Gasteiger partial charge in [-0.25, -0.2) is 0 Å². The van der Waals surface area contributed by atoms with E-state index in [0.717, 1.165) is 0 Å². The number of nitrogens with one attached hydrogen (secondary N) is 1. The van der Waals surface area contributed by atoms with Crippen molar-refractivity contribution in [2.75, 3.05) is 13.1 Å². The van der Waals surface area contributed by atoms with Crippen LogP contribution in [0.1, 0.15) is 17.3 Å². The number of likely N-dealkylation sites (tertiary alicyclic amines) is 1. The highest BCUT2D eigenvalue weighted by molar-refractivity contribution is 7.08. The number of β-amino-alcohol motifs (C(OH)–C–C–N with tert-alkyl or cyclic N) is 1. The fourth-order valence-electron chi connectivity index (χ4n) is 1.92. The van der Waals surface area contributed by atoms with Crippen molar-refractivity contribution in [1.29, 1.82) is 0 Å². The number of hydrogen-bond donors (Lipinski definition) is 2. The van der Waals surface area contributed by atoms with Gasteiger partial charge in [0, 0.05) is 25.4 Å². The summed E-state index contributed by atoms with van der Waals surface area (Å²) in [5.74, 6) is -0.294. The summed E-state index contributed by atoms with van der Waals surface area (Å²) in [4.78, 5) is 24.5. The first-order chi connectivity index (χ1) is 8.08. The molecule has 2 rings (SSSR count). The van der Waals surface area contributed by atoms with E-state index >= 15 is 0 Å². The van der Waals surface area contributed by atoms with E-state index in [1.807, 2.05) is 5.38 Å². The normalized spacial score (nSPS) is 23.8. The molecule has 17 heavy (non-hydrogen) atoms. The third kappa shape index (κ3) is 2.65. The Hall–Kier alpha value is -1.40. The lowest BCUT2D eigenvalue weighted by Crippen LogP contribution is -2.41. The SMILES string of the molecule is CC(=O)N[C@@H]1CN(C(=O)c2ccsc2)C[C@H]1O. The first kappa shape index (κ1) is 12.1. The van der Waals surface area contributed by atoms with Crippen molar-refractivity contribution in [1.82, 2.24) is 10.2 Å². The minimum Gasteiger partial charge on any atom is -0.389 e. The molecule has 1 aliphatic rings. The number of hydrogen-bond acceptors (Lipinski definition) is 4. The van der Waals surface area contributed by atoms with Crippen LogP contribution in [0.25, 0.3) is 0 Å². The Morgan fingerprint density at radius 2 is 2.29 bits per heavy atom. The van der Waals surface area contributed by atoms with Gasteiger partial charge in [-0.05, 0) is 11.4 Å². The molecule has 1 aliphatic heterocycles. The molecule has 6 heteroatoms. The second-order valence-electron chi connectivity index (χ2n) is 4.10. The number of nitrogens with zero attached hydrogens (tertiary/aromatic N) is 1. The van der Waals surface area contributed by atoms with Gasteiger partial charge in [-0.3, -0.25) is 9.59 Å². The maximum absolute atomic E-state index is 12.0. The van der Waals surface area contributed by atoms with Crippen LogP contribution < -0.4 is 5.32 Å². The largest absolute Gasteiger partial charge is 0.389 e. The summed E-state index contributed by atoms with van der Waals surface area (Å²) in [5.41, 5.74) is 0.630. The molecule has 1 saturated heterocycles. The first-order valence-electron chi connectivity index (χ1n) is 5.34. The predicted octanol–water partition coefficient (Wildman–Crippen LogP) is 0.0695. The summed E-state index contributed by atoms with van der Waals surface area (Å²) < 4.78 is 0. The van der Waals surface area contributed by atoms with E-state index in [1.165, 1.54) is 18.3 Å². The van der Waals surface area contributed by atoms with Crippen molar-refractivity contribution in [2.45, 2.75) is 19.1 Å². The zero-order valence-electron chi connectivity index (χ0n) is 9.42. The summed E-state index contributed by atoms with van der Waals surface area (Å²) >= 11 is 1.46. The van der Waals surface area contributed by atoms with Gasteiger partial charge in [-0.1, -0.05) is 0 Å². The van der Waals surface area contributed by atoms with Crippen LogP contribution in [0.2, 0.25) is 0 Å². The lowest BCUT2D eigenvalue weighted by Gasteiger charge is -2.15. The molecule has 0 radical (unpaired) electrons. The predicted molar refractivity (Wildman–Crippen MR) is 63.8 cm³/mol. The molecule has 92 valence electrons. The van der Waals surface area contributed by atoms with E-state index in [-0.39, 0.29) is 24.4 Å². The lowest BCUT2D eigenvalue weighted by atomic mass is 10.2. The van der Waals surface area contributed by atoms with Crippen molar-refractivity contribution in [3.05, 3.63) is 22.4 Å². The van der Waals surface area contributed by atoms with Crippen LogP contribution in [-0.2, 0) is 4.79 Å². The van der Waals surface area contributed by atoms with Crippen LogP contribution in [0.15, 0.2) is 16.8 Å². The van der Waals surface area contributed by atoms with E-state index in [1.54, 1.807) is 16.3 Å². The van der Waals surface area contributed by atoms with E-state index in [4.69, 9.17) is 0 Å². The third-order valence-electron chi connectivity index (χ3n) is 2.73. The lowest BCUT2D eigenvalue weighted by molar-refractivity contribution is -0.120. The van der Waals surface area contributed by atoms with Gasteiger partial charge >= 0.3 is 0 Å². The maximum atomic E-state index is 12.0. The standard InChI is InChI=1S/C11H14N2O3S/c1-7(14)12-9-4-13(5-10(9)15)11(16)8-2-3-17-6-8/h2-3,6,9-10,15H,4-5H2,1H3,(H,12,14)/t9-,10-/m1/s1. The summed E-state index contributed by atoms with van der Waals surface area (Å²) in [6.45, 7) is 2.02. The highest BCUT2D eigenvalue weighted by Crippen LogP contribution is 2.16. The van der Waals surface area contributed by atoms with E-state index in [0.29, 0.717) is 12.1 Å².